The lowest BCUT2D eigenvalue weighted by Crippen LogP contribution is -2.34. The summed E-state index contributed by atoms with van der Waals surface area (Å²) in [5, 5.41) is 0.320. The SMILES string of the molecule is CC(C)(C)OC(=O)n1c2ccccc2c(=O)c2c1c(=O)c1ccccc1n2C(=O)OC(C)(C)C. The number of carbonyl (C=O) groups is 2. The van der Waals surface area contributed by atoms with Crippen molar-refractivity contribution in [3.63, 3.8) is 0 Å². The molecular formula is C26H26N2O6. The van der Waals surface area contributed by atoms with Gasteiger partial charge in [-0.25, -0.2) is 18.7 Å². The Labute approximate surface area is 195 Å². The summed E-state index contributed by atoms with van der Waals surface area (Å²) in [6.07, 6.45) is -1.67. The average molecular weight is 463 g/mol. The molecule has 4 aromatic rings. The molecule has 0 unspecified atom stereocenters. The maximum atomic E-state index is 13.7. The van der Waals surface area contributed by atoms with Gasteiger partial charge in [-0.2, -0.15) is 0 Å². The van der Waals surface area contributed by atoms with Crippen LogP contribution in [-0.2, 0) is 9.47 Å². The molecule has 0 spiro atoms. The van der Waals surface area contributed by atoms with E-state index >= 15 is 0 Å². The van der Waals surface area contributed by atoms with Crippen molar-refractivity contribution in [2.45, 2.75) is 52.7 Å². The van der Waals surface area contributed by atoms with E-state index in [1.807, 2.05) is 0 Å². The molecule has 34 heavy (non-hydrogen) atoms. The predicted molar refractivity (Wildman–Crippen MR) is 131 cm³/mol. The minimum atomic E-state index is -0.866. The Balaban J connectivity index is 2.30. The fourth-order valence-corrected chi connectivity index (χ4v) is 3.84. The van der Waals surface area contributed by atoms with E-state index in [2.05, 4.69) is 0 Å². The second-order valence-corrected chi connectivity index (χ2v) is 10.0. The fourth-order valence-electron chi connectivity index (χ4n) is 3.84. The minimum absolute atomic E-state index is 0.160. The molecule has 0 amide bonds. The topological polar surface area (TPSA) is 96.6 Å². The Morgan fingerprint density at radius 3 is 1.26 bits per heavy atom. The maximum absolute atomic E-state index is 13.7. The lowest BCUT2D eigenvalue weighted by molar-refractivity contribution is 0.0533. The number of fused-ring (bicyclic) bond motifs is 3. The Kier molecular flexibility index (Phi) is 5.35. The molecule has 0 saturated heterocycles. The Morgan fingerprint density at radius 2 is 0.941 bits per heavy atom. The van der Waals surface area contributed by atoms with E-state index in [4.69, 9.17) is 9.47 Å². The molecule has 0 saturated carbocycles. The summed E-state index contributed by atoms with van der Waals surface area (Å²) in [4.78, 5) is 54.1. The van der Waals surface area contributed by atoms with Crippen LogP contribution in [-0.4, -0.2) is 32.5 Å². The lowest BCUT2D eigenvalue weighted by atomic mass is 10.1. The molecular weight excluding hydrogens is 436 g/mol. The van der Waals surface area contributed by atoms with Crippen LogP contribution in [0.3, 0.4) is 0 Å². The molecule has 0 bridgehead atoms. The van der Waals surface area contributed by atoms with Gasteiger partial charge >= 0.3 is 12.2 Å². The normalized spacial score (nSPS) is 12.3. The van der Waals surface area contributed by atoms with Crippen molar-refractivity contribution in [1.82, 2.24) is 9.13 Å². The number of carbonyl (C=O) groups excluding carboxylic acids is 2. The number of aromatic nitrogens is 2. The third-order valence-electron chi connectivity index (χ3n) is 5.03. The van der Waals surface area contributed by atoms with Gasteiger partial charge < -0.3 is 9.47 Å². The van der Waals surface area contributed by atoms with Gasteiger partial charge in [-0.05, 0) is 65.8 Å². The summed E-state index contributed by atoms with van der Waals surface area (Å²) in [7, 11) is 0. The molecule has 176 valence electrons. The van der Waals surface area contributed by atoms with Crippen LogP contribution in [0.2, 0.25) is 0 Å². The smallest absolute Gasteiger partial charge is 0.419 e. The van der Waals surface area contributed by atoms with Gasteiger partial charge in [-0.15, -0.1) is 0 Å². The second kappa shape index (κ2) is 7.83. The van der Waals surface area contributed by atoms with Crippen molar-refractivity contribution < 1.29 is 19.1 Å². The van der Waals surface area contributed by atoms with Crippen molar-refractivity contribution in [1.29, 1.82) is 0 Å². The Hall–Kier alpha value is -3.94. The number of pyridine rings is 2. The summed E-state index contributed by atoms with van der Waals surface area (Å²) in [6, 6.07) is 12.8. The van der Waals surface area contributed by atoms with Gasteiger partial charge in [0.1, 0.15) is 22.2 Å². The van der Waals surface area contributed by atoms with E-state index in [0.717, 1.165) is 9.13 Å². The van der Waals surface area contributed by atoms with Crippen molar-refractivity contribution >= 4 is 45.0 Å². The molecule has 0 aliphatic rings. The summed E-state index contributed by atoms with van der Waals surface area (Å²) < 4.78 is 13.3. The molecule has 0 aliphatic carbocycles. The zero-order valence-electron chi connectivity index (χ0n) is 20.0. The van der Waals surface area contributed by atoms with E-state index < -0.39 is 34.2 Å². The summed E-state index contributed by atoms with van der Waals surface area (Å²) in [6.45, 7) is 10.2. The number of benzene rings is 2. The summed E-state index contributed by atoms with van der Waals surface area (Å²) in [5.41, 5.74) is -2.96. The first kappa shape index (κ1) is 23.2. The molecule has 4 rings (SSSR count). The molecule has 0 aliphatic heterocycles. The highest BCUT2D eigenvalue weighted by Gasteiger charge is 2.29. The molecule has 0 radical (unpaired) electrons. The molecule has 2 heterocycles. The van der Waals surface area contributed by atoms with Crippen LogP contribution in [0.15, 0.2) is 58.1 Å². The number of hydrogen-bond acceptors (Lipinski definition) is 6. The number of rotatable bonds is 0. The molecule has 2 aromatic heterocycles. The molecule has 0 fully saturated rings. The van der Waals surface area contributed by atoms with Gasteiger partial charge in [0.2, 0.25) is 10.9 Å². The van der Waals surface area contributed by atoms with Gasteiger partial charge in [0.15, 0.2) is 0 Å². The van der Waals surface area contributed by atoms with Crippen molar-refractivity contribution in [2.75, 3.05) is 0 Å². The second-order valence-electron chi connectivity index (χ2n) is 10.0. The monoisotopic (exact) mass is 462 g/mol. The Bertz CT molecular complexity index is 1480. The van der Waals surface area contributed by atoms with Gasteiger partial charge in [0.25, 0.3) is 0 Å². The van der Waals surface area contributed by atoms with E-state index in [-0.39, 0.29) is 32.8 Å². The average Bonchev–Trinajstić information content (AvgIpc) is 2.72. The third kappa shape index (κ3) is 3.96. The fraction of sp³-hybridized carbons (Fsp3) is 0.308. The van der Waals surface area contributed by atoms with Gasteiger partial charge in [0, 0.05) is 10.8 Å². The van der Waals surface area contributed by atoms with Crippen LogP contribution >= 0.6 is 0 Å². The highest BCUT2D eigenvalue weighted by atomic mass is 16.6. The zero-order chi connectivity index (χ0) is 25.0. The van der Waals surface area contributed by atoms with Gasteiger partial charge in [0.05, 0.1) is 11.0 Å². The standard InChI is InChI=1S/C26H26N2O6/c1-25(2,3)33-23(31)27-17-13-9-7-11-15(17)22(30)20-19(27)21(29)16-12-8-10-14-18(16)28(20)24(32)34-26(4,5)6/h7-14H,1-6H3. The summed E-state index contributed by atoms with van der Waals surface area (Å²) >= 11 is 0. The van der Waals surface area contributed by atoms with Gasteiger partial charge in [-0.3, -0.25) is 9.59 Å². The van der Waals surface area contributed by atoms with Crippen LogP contribution in [0.1, 0.15) is 41.5 Å². The van der Waals surface area contributed by atoms with Crippen molar-refractivity contribution in [3.8, 4) is 0 Å². The quantitative estimate of drug-likeness (QED) is 0.340. The van der Waals surface area contributed by atoms with Crippen LogP contribution in [0.4, 0.5) is 9.59 Å². The third-order valence-corrected chi connectivity index (χ3v) is 5.03. The maximum Gasteiger partial charge on any atom is 0.419 e. The molecule has 8 nitrogen and oxygen atoms in total. The lowest BCUT2D eigenvalue weighted by Gasteiger charge is -2.24. The number of hydrogen-bond donors (Lipinski definition) is 0. The largest absolute Gasteiger partial charge is 0.443 e. The van der Waals surface area contributed by atoms with Crippen molar-refractivity contribution in [3.05, 3.63) is 69.0 Å². The van der Waals surface area contributed by atoms with Gasteiger partial charge in [-0.1, -0.05) is 24.3 Å². The van der Waals surface area contributed by atoms with E-state index in [1.165, 1.54) is 12.1 Å². The van der Waals surface area contributed by atoms with Crippen molar-refractivity contribution in [2.24, 2.45) is 0 Å². The van der Waals surface area contributed by atoms with E-state index in [9.17, 15) is 19.2 Å². The van der Waals surface area contributed by atoms with Crippen LogP contribution in [0.25, 0.3) is 32.8 Å². The number of nitrogens with zero attached hydrogens (tertiary/aromatic N) is 2. The van der Waals surface area contributed by atoms with Crippen LogP contribution in [0, 0.1) is 0 Å². The van der Waals surface area contributed by atoms with E-state index in [0.29, 0.717) is 0 Å². The first-order chi connectivity index (χ1) is 15.8. The first-order valence-electron chi connectivity index (χ1n) is 10.9. The number of ether oxygens (including phenoxy) is 2. The minimum Gasteiger partial charge on any atom is -0.443 e. The number of para-hydroxylation sites is 2. The van der Waals surface area contributed by atoms with E-state index in [1.54, 1.807) is 77.9 Å². The predicted octanol–water partition coefficient (Wildman–Crippen LogP) is 5.04. The highest BCUT2D eigenvalue weighted by Crippen LogP contribution is 2.24. The zero-order valence-corrected chi connectivity index (χ0v) is 20.0. The highest BCUT2D eigenvalue weighted by molar-refractivity contribution is 6.06. The summed E-state index contributed by atoms with van der Waals surface area (Å²) in [5.74, 6) is 0. The molecule has 0 N–H and O–H groups in total. The Morgan fingerprint density at radius 1 is 0.618 bits per heavy atom. The van der Waals surface area contributed by atoms with Crippen LogP contribution < -0.4 is 10.9 Å². The molecule has 8 heteroatoms. The molecule has 2 aromatic carbocycles. The van der Waals surface area contributed by atoms with Crippen LogP contribution in [0.5, 0.6) is 0 Å². The molecule has 0 atom stereocenters. The first-order valence-corrected chi connectivity index (χ1v) is 10.9.